The highest BCUT2D eigenvalue weighted by Gasteiger charge is 2.35. The smallest absolute Gasteiger partial charge is 0.265 e. The lowest BCUT2D eigenvalue weighted by Gasteiger charge is -2.32. The number of hydrogen-bond acceptors (Lipinski definition) is 4. The SMILES string of the molecule is CCc1ccc2c(c1)-c1ccccc1S(=O)(=O)N2CC(=O)Nc1ccc(NC(C)=O)cc1. The maximum atomic E-state index is 13.4. The number of rotatable bonds is 5. The van der Waals surface area contributed by atoms with Gasteiger partial charge in [0, 0.05) is 29.4 Å². The molecule has 0 saturated heterocycles. The van der Waals surface area contributed by atoms with Crippen LogP contribution in [0.1, 0.15) is 19.4 Å². The lowest BCUT2D eigenvalue weighted by molar-refractivity contribution is -0.115. The Kier molecular flexibility index (Phi) is 5.71. The number of benzene rings is 3. The molecule has 4 rings (SSSR count). The van der Waals surface area contributed by atoms with E-state index in [2.05, 4.69) is 10.6 Å². The van der Waals surface area contributed by atoms with E-state index in [1.807, 2.05) is 25.1 Å². The molecule has 0 aliphatic carbocycles. The summed E-state index contributed by atoms with van der Waals surface area (Å²) in [4.78, 5) is 24.1. The summed E-state index contributed by atoms with van der Waals surface area (Å²) in [5, 5.41) is 5.38. The molecule has 0 radical (unpaired) electrons. The van der Waals surface area contributed by atoms with Crippen LogP contribution in [0, 0.1) is 0 Å². The van der Waals surface area contributed by atoms with Crippen molar-refractivity contribution < 1.29 is 18.0 Å². The molecule has 0 bridgehead atoms. The summed E-state index contributed by atoms with van der Waals surface area (Å²) in [5.74, 6) is -0.659. The fraction of sp³-hybridized carbons (Fsp3) is 0.167. The molecular weight excluding hydrogens is 426 g/mol. The Hall–Kier alpha value is -3.65. The van der Waals surface area contributed by atoms with Crippen LogP contribution in [0.15, 0.2) is 71.6 Å². The lowest BCUT2D eigenvalue weighted by atomic mass is 9.99. The third-order valence-electron chi connectivity index (χ3n) is 5.26. The summed E-state index contributed by atoms with van der Waals surface area (Å²) in [5.41, 5.74) is 4.11. The van der Waals surface area contributed by atoms with E-state index in [1.54, 1.807) is 48.5 Å². The van der Waals surface area contributed by atoms with E-state index in [1.165, 1.54) is 6.92 Å². The van der Waals surface area contributed by atoms with Crippen LogP contribution in [-0.4, -0.2) is 26.8 Å². The van der Waals surface area contributed by atoms with E-state index in [0.29, 0.717) is 22.6 Å². The Morgan fingerprint density at radius 1 is 0.875 bits per heavy atom. The van der Waals surface area contributed by atoms with Gasteiger partial charge in [-0.15, -0.1) is 0 Å². The molecular formula is C24H23N3O4S. The number of carbonyl (C=O) groups is 2. The minimum Gasteiger partial charge on any atom is -0.326 e. The zero-order valence-corrected chi connectivity index (χ0v) is 18.6. The van der Waals surface area contributed by atoms with E-state index in [4.69, 9.17) is 0 Å². The highest BCUT2D eigenvalue weighted by molar-refractivity contribution is 7.93. The largest absolute Gasteiger partial charge is 0.326 e. The average Bonchev–Trinajstić information content (AvgIpc) is 2.77. The summed E-state index contributed by atoms with van der Waals surface area (Å²) in [6.07, 6.45) is 0.817. The van der Waals surface area contributed by atoms with Crippen LogP contribution in [-0.2, 0) is 26.0 Å². The second-order valence-electron chi connectivity index (χ2n) is 7.52. The quantitative estimate of drug-likeness (QED) is 0.615. The molecule has 32 heavy (non-hydrogen) atoms. The Bertz CT molecular complexity index is 1300. The molecule has 164 valence electrons. The number of nitrogens with one attached hydrogen (secondary N) is 2. The van der Waals surface area contributed by atoms with E-state index >= 15 is 0 Å². The van der Waals surface area contributed by atoms with E-state index < -0.39 is 15.9 Å². The van der Waals surface area contributed by atoms with Crippen molar-refractivity contribution >= 4 is 38.9 Å². The van der Waals surface area contributed by atoms with Gasteiger partial charge in [-0.1, -0.05) is 31.2 Å². The van der Waals surface area contributed by atoms with Crippen LogP contribution in [0.5, 0.6) is 0 Å². The second kappa shape index (κ2) is 8.47. The maximum absolute atomic E-state index is 13.4. The minimum absolute atomic E-state index is 0.188. The van der Waals surface area contributed by atoms with Gasteiger partial charge in [-0.2, -0.15) is 0 Å². The summed E-state index contributed by atoms with van der Waals surface area (Å²) < 4.78 is 27.9. The van der Waals surface area contributed by atoms with Crippen molar-refractivity contribution in [2.75, 3.05) is 21.5 Å². The van der Waals surface area contributed by atoms with Crippen molar-refractivity contribution in [3.05, 3.63) is 72.3 Å². The molecule has 8 heteroatoms. The molecule has 1 aliphatic rings. The monoisotopic (exact) mass is 449 g/mol. The van der Waals surface area contributed by atoms with Gasteiger partial charge in [-0.05, 0) is 54.4 Å². The van der Waals surface area contributed by atoms with Crippen LogP contribution >= 0.6 is 0 Å². The number of aryl methyl sites for hydroxylation is 1. The molecule has 3 aromatic rings. The number of amides is 2. The van der Waals surface area contributed by atoms with E-state index in [-0.39, 0.29) is 17.3 Å². The molecule has 3 aromatic carbocycles. The van der Waals surface area contributed by atoms with E-state index in [0.717, 1.165) is 21.9 Å². The van der Waals surface area contributed by atoms with Gasteiger partial charge in [0.2, 0.25) is 11.8 Å². The van der Waals surface area contributed by atoms with Gasteiger partial charge in [0.1, 0.15) is 6.54 Å². The zero-order valence-electron chi connectivity index (χ0n) is 17.8. The minimum atomic E-state index is -3.90. The normalized spacial score (nSPS) is 13.6. The first-order valence-electron chi connectivity index (χ1n) is 10.2. The predicted molar refractivity (Wildman–Crippen MR) is 125 cm³/mol. The van der Waals surface area contributed by atoms with Gasteiger partial charge in [0.25, 0.3) is 10.0 Å². The number of fused-ring (bicyclic) bond motifs is 3. The van der Waals surface area contributed by atoms with Gasteiger partial charge < -0.3 is 10.6 Å². The molecule has 0 spiro atoms. The third kappa shape index (κ3) is 4.09. The summed E-state index contributed by atoms with van der Waals surface area (Å²) in [7, 11) is -3.90. The number of hydrogen-bond donors (Lipinski definition) is 2. The van der Waals surface area contributed by atoms with E-state index in [9.17, 15) is 18.0 Å². The molecule has 2 amide bonds. The Morgan fingerprint density at radius 2 is 1.53 bits per heavy atom. The molecule has 1 heterocycles. The highest BCUT2D eigenvalue weighted by Crippen LogP contribution is 2.43. The summed E-state index contributed by atoms with van der Waals surface area (Å²) in [6.45, 7) is 3.09. The number of anilines is 3. The van der Waals surface area contributed by atoms with Crippen LogP contribution in [0.25, 0.3) is 11.1 Å². The van der Waals surface area contributed by atoms with Gasteiger partial charge in [0.15, 0.2) is 0 Å². The van der Waals surface area contributed by atoms with Gasteiger partial charge in [-0.3, -0.25) is 13.9 Å². The molecule has 0 saturated carbocycles. The molecule has 0 unspecified atom stereocenters. The number of carbonyl (C=O) groups excluding carboxylic acids is 2. The molecule has 0 aromatic heterocycles. The molecule has 2 N–H and O–H groups in total. The predicted octanol–water partition coefficient (Wildman–Crippen LogP) is 4.02. The zero-order chi connectivity index (χ0) is 22.9. The highest BCUT2D eigenvalue weighted by atomic mass is 32.2. The molecule has 0 fully saturated rings. The number of sulfonamides is 1. The van der Waals surface area contributed by atoms with Crippen LogP contribution in [0.4, 0.5) is 17.1 Å². The first-order chi connectivity index (χ1) is 15.3. The molecule has 7 nitrogen and oxygen atoms in total. The first-order valence-corrected chi connectivity index (χ1v) is 11.7. The van der Waals surface area contributed by atoms with Crippen LogP contribution in [0.3, 0.4) is 0 Å². The fourth-order valence-corrected chi connectivity index (χ4v) is 5.39. The molecule has 0 atom stereocenters. The van der Waals surface area contributed by atoms with Gasteiger partial charge in [-0.25, -0.2) is 8.42 Å². The van der Waals surface area contributed by atoms with Crippen molar-refractivity contribution in [2.45, 2.75) is 25.2 Å². The topological polar surface area (TPSA) is 95.6 Å². The standard InChI is InChI=1S/C24H23N3O4S/c1-3-17-8-13-22-21(14-17)20-6-4-5-7-23(20)32(30,31)27(22)15-24(29)26-19-11-9-18(10-12-19)25-16(2)28/h4-14H,3,15H2,1-2H3,(H,25,28)(H,26,29). The van der Waals surface area contributed by atoms with Crippen LogP contribution in [0.2, 0.25) is 0 Å². The van der Waals surface area contributed by atoms with Crippen LogP contribution < -0.4 is 14.9 Å². The second-order valence-corrected chi connectivity index (χ2v) is 9.35. The third-order valence-corrected chi connectivity index (χ3v) is 7.08. The Labute approximate surface area is 187 Å². The van der Waals surface area contributed by atoms with Crippen molar-refractivity contribution in [2.24, 2.45) is 0 Å². The van der Waals surface area contributed by atoms with Crippen molar-refractivity contribution in [1.82, 2.24) is 0 Å². The lowest BCUT2D eigenvalue weighted by Crippen LogP contribution is -2.40. The first kappa shape index (κ1) is 21.6. The summed E-state index contributed by atoms with van der Waals surface area (Å²) in [6, 6.07) is 19.1. The summed E-state index contributed by atoms with van der Waals surface area (Å²) >= 11 is 0. The van der Waals surface area contributed by atoms with Gasteiger partial charge >= 0.3 is 0 Å². The fourth-order valence-electron chi connectivity index (χ4n) is 3.74. The van der Waals surface area contributed by atoms with Crippen molar-refractivity contribution in [1.29, 1.82) is 0 Å². The van der Waals surface area contributed by atoms with Crippen molar-refractivity contribution in [3.63, 3.8) is 0 Å². The molecule has 1 aliphatic heterocycles. The number of nitrogens with zero attached hydrogens (tertiary/aromatic N) is 1. The van der Waals surface area contributed by atoms with Crippen molar-refractivity contribution in [3.8, 4) is 11.1 Å². The average molecular weight is 450 g/mol. The Balaban J connectivity index is 1.63. The Morgan fingerprint density at radius 3 is 2.19 bits per heavy atom. The maximum Gasteiger partial charge on any atom is 0.265 e. The van der Waals surface area contributed by atoms with Gasteiger partial charge in [0.05, 0.1) is 10.6 Å².